The van der Waals surface area contributed by atoms with Crippen LogP contribution in [-0.2, 0) is 16.6 Å². The molecule has 3 aromatic heterocycles. The Morgan fingerprint density at radius 1 is 1.31 bits per heavy atom. The van der Waals surface area contributed by atoms with Crippen LogP contribution in [0, 0.1) is 6.92 Å². The maximum Gasteiger partial charge on any atom is 0.265 e. The summed E-state index contributed by atoms with van der Waals surface area (Å²) in [6.45, 7) is 3.57. The topological polar surface area (TPSA) is 92.3 Å². The molecule has 1 N–H and O–H groups in total. The highest BCUT2D eigenvalue weighted by atomic mass is 32.2. The number of thiophene rings is 1. The highest BCUT2D eigenvalue weighted by Gasteiger charge is 2.25. The molecule has 152 valence electrons. The summed E-state index contributed by atoms with van der Waals surface area (Å²) in [5.41, 5.74) is 2.19. The standard InChI is InChI=1S/C19H20N4O3S3/c1-13-17(19(24)23-7-2-3-8-23)28-18(22-13)15-9-16(27-12-15)29(25,26)21-11-14-5-4-6-20-10-14/h4-6,9-10,12,21H,2-3,7-8,11H2,1H3. The number of carbonyl (C=O) groups is 1. The van der Waals surface area contributed by atoms with Crippen LogP contribution in [-0.4, -0.2) is 42.3 Å². The average molecular weight is 449 g/mol. The highest BCUT2D eigenvalue weighted by molar-refractivity contribution is 7.91. The third-order valence-corrected chi connectivity index (χ3v) is 8.70. The maximum atomic E-state index is 12.7. The lowest BCUT2D eigenvalue weighted by Crippen LogP contribution is -2.27. The van der Waals surface area contributed by atoms with Gasteiger partial charge in [0.25, 0.3) is 5.91 Å². The Kier molecular flexibility index (Phi) is 5.77. The molecular weight excluding hydrogens is 428 g/mol. The molecule has 0 aromatic carbocycles. The number of sulfonamides is 1. The van der Waals surface area contributed by atoms with E-state index in [2.05, 4.69) is 14.7 Å². The molecule has 0 spiro atoms. The number of nitrogens with one attached hydrogen (secondary N) is 1. The minimum atomic E-state index is -3.64. The Bertz CT molecular complexity index is 1120. The molecule has 4 heterocycles. The number of rotatable bonds is 6. The molecule has 0 bridgehead atoms. The number of likely N-dealkylation sites (tertiary alicyclic amines) is 1. The first-order valence-corrected chi connectivity index (χ1v) is 12.4. The second-order valence-corrected chi connectivity index (χ2v) is 10.7. The van der Waals surface area contributed by atoms with Crippen LogP contribution in [0.4, 0.5) is 0 Å². The fraction of sp³-hybridized carbons (Fsp3) is 0.316. The lowest BCUT2D eigenvalue weighted by Gasteiger charge is -2.13. The van der Waals surface area contributed by atoms with Gasteiger partial charge < -0.3 is 4.90 Å². The monoisotopic (exact) mass is 448 g/mol. The summed E-state index contributed by atoms with van der Waals surface area (Å²) in [7, 11) is -3.64. The quantitative estimate of drug-likeness (QED) is 0.625. The van der Waals surface area contributed by atoms with Gasteiger partial charge in [-0.25, -0.2) is 18.1 Å². The summed E-state index contributed by atoms with van der Waals surface area (Å²) < 4.78 is 28.0. The molecule has 1 fully saturated rings. The highest BCUT2D eigenvalue weighted by Crippen LogP contribution is 2.33. The van der Waals surface area contributed by atoms with Crippen molar-refractivity contribution in [2.45, 2.75) is 30.5 Å². The third-order valence-electron chi connectivity index (χ3n) is 4.66. The predicted molar refractivity (Wildman–Crippen MR) is 114 cm³/mol. The zero-order valence-corrected chi connectivity index (χ0v) is 18.2. The van der Waals surface area contributed by atoms with Crippen LogP contribution in [0.15, 0.2) is 40.2 Å². The molecule has 1 aliphatic rings. The first-order valence-electron chi connectivity index (χ1n) is 9.18. The van der Waals surface area contributed by atoms with Crippen molar-refractivity contribution in [3.8, 4) is 10.6 Å². The van der Waals surface area contributed by atoms with E-state index in [-0.39, 0.29) is 16.7 Å². The molecular formula is C19H20N4O3S3. The van der Waals surface area contributed by atoms with Crippen molar-refractivity contribution in [2.75, 3.05) is 13.1 Å². The number of aromatic nitrogens is 2. The zero-order valence-electron chi connectivity index (χ0n) is 15.8. The number of thiazole rings is 1. The summed E-state index contributed by atoms with van der Waals surface area (Å²) in [5.74, 6) is 0.0185. The fourth-order valence-corrected chi connectivity index (χ4v) is 6.43. The lowest BCUT2D eigenvalue weighted by molar-refractivity contribution is 0.0796. The van der Waals surface area contributed by atoms with Gasteiger partial charge in [-0.2, -0.15) is 0 Å². The third kappa shape index (κ3) is 4.40. The molecule has 7 nitrogen and oxygen atoms in total. The second-order valence-electron chi connectivity index (χ2n) is 6.77. The van der Waals surface area contributed by atoms with E-state index in [0.717, 1.165) is 42.8 Å². The molecule has 0 saturated carbocycles. The zero-order chi connectivity index (χ0) is 20.4. The summed E-state index contributed by atoms with van der Waals surface area (Å²) in [6.07, 6.45) is 5.34. The first kappa shape index (κ1) is 20.1. The van der Waals surface area contributed by atoms with Gasteiger partial charge in [0.1, 0.15) is 14.1 Å². The number of pyridine rings is 1. The van der Waals surface area contributed by atoms with E-state index >= 15 is 0 Å². The molecule has 0 aliphatic carbocycles. The van der Waals surface area contributed by atoms with Crippen molar-refractivity contribution >= 4 is 38.6 Å². The van der Waals surface area contributed by atoms with Gasteiger partial charge in [-0.1, -0.05) is 6.07 Å². The summed E-state index contributed by atoms with van der Waals surface area (Å²) in [4.78, 5) is 23.7. The Morgan fingerprint density at radius 3 is 2.83 bits per heavy atom. The normalized spacial score (nSPS) is 14.4. The number of hydrogen-bond donors (Lipinski definition) is 1. The van der Waals surface area contributed by atoms with Crippen LogP contribution >= 0.6 is 22.7 Å². The van der Waals surface area contributed by atoms with Crippen molar-refractivity contribution in [2.24, 2.45) is 0 Å². The number of amides is 1. The van der Waals surface area contributed by atoms with Gasteiger partial charge in [-0.3, -0.25) is 9.78 Å². The van der Waals surface area contributed by atoms with Gasteiger partial charge in [0.15, 0.2) is 0 Å². The predicted octanol–water partition coefficient (Wildman–Crippen LogP) is 3.29. The van der Waals surface area contributed by atoms with Crippen LogP contribution in [0.25, 0.3) is 10.6 Å². The minimum absolute atomic E-state index is 0.0185. The summed E-state index contributed by atoms with van der Waals surface area (Å²) >= 11 is 2.46. The largest absolute Gasteiger partial charge is 0.338 e. The molecule has 3 aromatic rings. The molecule has 0 unspecified atom stereocenters. The Balaban J connectivity index is 1.51. The smallest absolute Gasteiger partial charge is 0.265 e. The van der Waals surface area contributed by atoms with Gasteiger partial charge in [-0.05, 0) is 37.5 Å². The van der Waals surface area contributed by atoms with Gasteiger partial charge >= 0.3 is 0 Å². The first-order chi connectivity index (χ1) is 13.9. The number of aryl methyl sites for hydroxylation is 1. The Morgan fingerprint density at radius 2 is 2.10 bits per heavy atom. The summed E-state index contributed by atoms with van der Waals surface area (Å²) in [5, 5.41) is 2.43. The Hall–Kier alpha value is -2.14. The molecule has 0 atom stereocenters. The van der Waals surface area contributed by atoms with Crippen molar-refractivity contribution in [3.63, 3.8) is 0 Å². The fourth-order valence-electron chi connectivity index (χ4n) is 3.10. The van der Waals surface area contributed by atoms with Crippen molar-refractivity contribution in [3.05, 3.63) is 52.1 Å². The van der Waals surface area contributed by atoms with Crippen LogP contribution in [0.3, 0.4) is 0 Å². The minimum Gasteiger partial charge on any atom is -0.338 e. The lowest BCUT2D eigenvalue weighted by atomic mass is 10.3. The molecule has 4 rings (SSSR count). The van der Waals surface area contributed by atoms with Gasteiger partial charge in [0, 0.05) is 43.0 Å². The summed E-state index contributed by atoms with van der Waals surface area (Å²) in [6, 6.07) is 5.18. The van der Waals surface area contributed by atoms with E-state index in [1.54, 1.807) is 29.9 Å². The molecule has 1 saturated heterocycles. The maximum absolute atomic E-state index is 12.7. The van der Waals surface area contributed by atoms with Crippen molar-refractivity contribution in [1.29, 1.82) is 0 Å². The van der Waals surface area contributed by atoms with Crippen LogP contribution in [0.1, 0.15) is 33.8 Å². The van der Waals surface area contributed by atoms with Gasteiger partial charge in [0.2, 0.25) is 10.0 Å². The second kappa shape index (κ2) is 8.31. The van der Waals surface area contributed by atoms with Crippen LogP contribution in [0.2, 0.25) is 0 Å². The van der Waals surface area contributed by atoms with Crippen molar-refractivity contribution < 1.29 is 13.2 Å². The van der Waals surface area contributed by atoms with E-state index in [1.165, 1.54) is 11.3 Å². The average Bonchev–Trinajstić information content (AvgIpc) is 3.47. The van der Waals surface area contributed by atoms with Crippen LogP contribution < -0.4 is 4.72 Å². The van der Waals surface area contributed by atoms with Gasteiger partial charge in [0.05, 0.1) is 5.69 Å². The van der Waals surface area contributed by atoms with Crippen molar-refractivity contribution in [1.82, 2.24) is 19.6 Å². The van der Waals surface area contributed by atoms with Crippen LogP contribution in [0.5, 0.6) is 0 Å². The van der Waals surface area contributed by atoms with E-state index < -0.39 is 10.0 Å². The molecule has 0 radical (unpaired) electrons. The SMILES string of the molecule is Cc1nc(-c2csc(S(=O)(=O)NCc3cccnc3)c2)sc1C(=O)N1CCCC1. The van der Waals surface area contributed by atoms with E-state index in [1.807, 2.05) is 17.9 Å². The van der Waals surface area contributed by atoms with E-state index in [0.29, 0.717) is 21.1 Å². The number of nitrogens with zero attached hydrogens (tertiary/aromatic N) is 3. The Labute approximate surface area is 177 Å². The molecule has 29 heavy (non-hydrogen) atoms. The molecule has 1 amide bonds. The van der Waals surface area contributed by atoms with E-state index in [9.17, 15) is 13.2 Å². The molecule has 1 aliphatic heterocycles. The number of hydrogen-bond acceptors (Lipinski definition) is 7. The number of carbonyl (C=O) groups excluding carboxylic acids is 1. The van der Waals surface area contributed by atoms with E-state index in [4.69, 9.17) is 0 Å². The molecule has 10 heteroatoms. The van der Waals surface area contributed by atoms with Gasteiger partial charge in [-0.15, -0.1) is 22.7 Å².